The highest BCUT2D eigenvalue weighted by molar-refractivity contribution is 5.87. The van der Waals surface area contributed by atoms with Crippen molar-refractivity contribution in [2.45, 2.75) is 65.4 Å². The zero-order chi connectivity index (χ0) is 16.9. The molecule has 0 radical (unpaired) electrons. The van der Waals surface area contributed by atoms with Gasteiger partial charge in [-0.3, -0.25) is 14.4 Å². The Morgan fingerprint density at radius 2 is 1.86 bits per heavy atom. The lowest BCUT2D eigenvalue weighted by Gasteiger charge is -2.41. The Morgan fingerprint density at radius 3 is 2.36 bits per heavy atom. The molecule has 0 amide bonds. The van der Waals surface area contributed by atoms with E-state index in [4.69, 9.17) is 5.11 Å². The molecule has 0 aromatic rings. The van der Waals surface area contributed by atoms with Gasteiger partial charge in [0.05, 0.1) is 25.4 Å². The van der Waals surface area contributed by atoms with E-state index in [2.05, 4.69) is 18.6 Å². The third-order valence-electron chi connectivity index (χ3n) is 4.48. The summed E-state index contributed by atoms with van der Waals surface area (Å²) in [6.45, 7) is 6.06. The summed E-state index contributed by atoms with van der Waals surface area (Å²) >= 11 is 0. The van der Waals surface area contributed by atoms with Crippen LogP contribution in [0.4, 0.5) is 0 Å². The van der Waals surface area contributed by atoms with Crippen molar-refractivity contribution >= 4 is 17.9 Å². The van der Waals surface area contributed by atoms with Gasteiger partial charge in [0.25, 0.3) is 0 Å². The monoisotopic (exact) mass is 314 g/mol. The number of carbonyl (C=O) groups excluding carboxylic acids is 2. The van der Waals surface area contributed by atoms with E-state index < -0.39 is 24.0 Å². The first-order chi connectivity index (χ1) is 10.1. The van der Waals surface area contributed by atoms with Crippen molar-refractivity contribution in [3.05, 3.63) is 0 Å². The molecule has 3 atom stereocenters. The van der Waals surface area contributed by atoms with Gasteiger partial charge in [0, 0.05) is 0 Å². The number of aliphatic carboxylic acids is 1. The van der Waals surface area contributed by atoms with Crippen molar-refractivity contribution in [2.24, 2.45) is 17.3 Å². The number of carboxylic acid groups (broad SMARTS) is 1. The molecular weight excluding hydrogens is 288 g/mol. The van der Waals surface area contributed by atoms with Gasteiger partial charge in [0.2, 0.25) is 0 Å². The van der Waals surface area contributed by atoms with E-state index >= 15 is 0 Å². The molecule has 0 heterocycles. The highest BCUT2D eigenvalue weighted by Gasteiger charge is 2.39. The van der Waals surface area contributed by atoms with E-state index in [1.54, 1.807) is 0 Å². The van der Waals surface area contributed by atoms with Gasteiger partial charge in [-0.2, -0.15) is 0 Å². The third-order valence-corrected chi connectivity index (χ3v) is 4.48. The van der Waals surface area contributed by atoms with Crippen LogP contribution in [0.15, 0.2) is 0 Å². The van der Waals surface area contributed by atoms with Crippen molar-refractivity contribution in [1.82, 2.24) is 0 Å². The summed E-state index contributed by atoms with van der Waals surface area (Å²) in [4.78, 5) is 33.5. The lowest BCUT2D eigenvalue weighted by atomic mass is 9.66. The summed E-state index contributed by atoms with van der Waals surface area (Å²) in [7, 11) is 0. The molecule has 22 heavy (non-hydrogen) atoms. The van der Waals surface area contributed by atoms with Gasteiger partial charge in [0.1, 0.15) is 0 Å². The standard InChI is InChI=1S/C16H26O6/c1-10(2)11-6-7-16(3,8-12(11)17)9-15(21)22-14(20)5-4-13(18)19/h10-12,17H,4-9H2,1-3H3,(H,18,19)/t11-,12+,16+/m0/s1. The fraction of sp³-hybridized carbons (Fsp3) is 0.812. The van der Waals surface area contributed by atoms with Crippen LogP contribution in [0.3, 0.4) is 0 Å². The largest absolute Gasteiger partial charge is 0.481 e. The lowest BCUT2D eigenvalue weighted by Crippen LogP contribution is -2.39. The average Bonchev–Trinajstić information content (AvgIpc) is 2.34. The van der Waals surface area contributed by atoms with Crippen LogP contribution < -0.4 is 0 Å². The topological polar surface area (TPSA) is 101 Å². The Balaban J connectivity index is 2.47. The second-order valence-electron chi connectivity index (χ2n) is 6.95. The van der Waals surface area contributed by atoms with Gasteiger partial charge < -0.3 is 14.9 Å². The first-order valence-electron chi connectivity index (χ1n) is 7.76. The lowest BCUT2D eigenvalue weighted by molar-refractivity contribution is -0.163. The molecule has 1 fully saturated rings. The predicted octanol–water partition coefficient (Wildman–Crippen LogP) is 2.13. The van der Waals surface area contributed by atoms with Crippen LogP contribution in [-0.2, 0) is 19.1 Å². The summed E-state index contributed by atoms with van der Waals surface area (Å²) < 4.78 is 4.66. The highest BCUT2D eigenvalue weighted by atomic mass is 16.6. The van der Waals surface area contributed by atoms with Crippen LogP contribution >= 0.6 is 0 Å². The number of esters is 2. The van der Waals surface area contributed by atoms with Gasteiger partial charge in [-0.25, -0.2) is 0 Å². The Morgan fingerprint density at radius 1 is 1.23 bits per heavy atom. The van der Waals surface area contributed by atoms with Crippen LogP contribution in [0.5, 0.6) is 0 Å². The van der Waals surface area contributed by atoms with E-state index in [-0.39, 0.29) is 30.6 Å². The molecule has 6 heteroatoms. The second-order valence-corrected chi connectivity index (χ2v) is 6.95. The normalized spacial score (nSPS) is 28.4. The maximum absolute atomic E-state index is 11.8. The number of hydrogen-bond acceptors (Lipinski definition) is 5. The molecule has 1 aliphatic rings. The van der Waals surface area contributed by atoms with Gasteiger partial charge in [0.15, 0.2) is 0 Å². The van der Waals surface area contributed by atoms with E-state index in [1.807, 2.05) is 6.92 Å². The SMILES string of the molecule is CC(C)[C@@H]1CC[C@@](C)(CC(=O)OC(=O)CCC(=O)O)C[C@H]1O. The quantitative estimate of drug-likeness (QED) is 0.575. The highest BCUT2D eigenvalue weighted by Crippen LogP contribution is 2.43. The van der Waals surface area contributed by atoms with E-state index in [0.29, 0.717) is 12.3 Å². The van der Waals surface area contributed by atoms with E-state index in [9.17, 15) is 19.5 Å². The molecule has 1 rings (SSSR count). The minimum Gasteiger partial charge on any atom is -0.481 e. The minimum absolute atomic E-state index is 0.0632. The fourth-order valence-electron chi connectivity index (χ4n) is 3.18. The van der Waals surface area contributed by atoms with Crippen molar-refractivity contribution < 1.29 is 29.3 Å². The van der Waals surface area contributed by atoms with E-state index in [1.165, 1.54) is 0 Å². The summed E-state index contributed by atoms with van der Waals surface area (Å²) in [6.07, 6.45) is 1.10. The van der Waals surface area contributed by atoms with Crippen molar-refractivity contribution in [3.63, 3.8) is 0 Å². The first kappa shape index (κ1) is 18.6. The molecule has 1 aliphatic carbocycles. The van der Waals surface area contributed by atoms with Gasteiger partial charge >= 0.3 is 17.9 Å². The summed E-state index contributed by atoms with van der Waals surface area (Å²) in [5.41, 5.74) is -0.380. The van der Waals surface area contributed by atoms with Crippen molar-refractivity contribution in [3.8, 4) is 0 Å². The third kappa shape index (κ3) is 5.75. The Kier molecular flexibility index (Phi) is 6.53. The zero-order valence-corrected chi connectivity index (χ0v) is 13.5. The molecule has 0 saturated heterocycles. The summed E-state index contributed by atoms with van der Waals surface area (Å²) in [5.74, 6) is -1.93. The summed E-state index contributed by atoms with van der Waals surface area (Å²) in [5, 5.41) is 18.7. The number of carbonyl (C=O) groups is 3. The van der Waals surface area contributed by atoms with Crippen molar-refractivity contribution in [2.75, 3.05) is 0 Å². The predicted molar refractivity (Wildman–Crippen MR) is 78.9 cm³/mol. The molecule has 6 nitrogen and oxygen atoms in total. The van der Waals surface area contributed by atoms with Crippen LogP contribution in [0.2, 0.25) is 0 Å². The molecule has 0 bridgehead atoms. The maximum atomic E-state index is 11.8. The Labute approximate surface area is 130 Å². The molecule has 0 aromatic carbocycles. The van der Waals surface area contributed by atoms with Gasteiger partial charge in [-0.1, -0.05) is 20.8 Å². The number of ether oxygens (including phenoxy) is 1. The minimum atomic E-state index is -1.11. The zero-order valence-electron chi connectivity index (χ0n) is 13.5. The summed E-state index contributed by atoms with van der Waals surface area (Å²) in [6, 6.07) is 0. The molecule has 0 unspecified atom stereocenters. The fourth-order valence-corrected chi connectivity index (χ4v) is 3.18. The Hall–Kier alpha value is -1.43. The molecule has 1 saturated carbocycles. The molecule has 126 valence electrons. The molecule has 0 aliphatic heterocycles. The number of aliphatic hydroxyl groups excluding tert-OH is 1. The van der Waals surface area contributed by atoms with Gasteiger partial charge in [-0.15, -0.1) is 0 Å². The molecule has 0 aromatic heterocycles. The van der Waals surface area contributed by atoms with Crippen molar-refractivity contribution in [1.29, 1.82) is 0 Å². The maximum Gasteiger partial charge on any atom is 0.314 e. The molecule has 0 spiro atoms. The smallest absolute Gasteiger partial charge is 0.314 e. The first-order valence-corrected chi connectivity index (χ1v) is 7.76. The van der Waals surface area contributed by atoms with Gasteiger partial charge in [-0.05, 0) is 36.5 Å². The number of hydrogen-bond donors (Lipinski definition) is 2. The van der Waals surface area contributed by atoms with Crippen LogP contribution in [0.1, 0.15) is 59.3 Å². The molecule has 2 N–H and O–H groups in total. The van der Waals surface area contributed by atoms with Crippen LogP contribution in [-0.4, -0.2) is 34.2 Å². The average molecular weight is 314 g/mol. The number of carboxylic acids is 1. The van der Waals surface area contributed by atoms with E-state index in [0.717, 1.165) is 12.8 Å². The second kappa shape index (κ2) is 7.72. The number of aliphatic hydroxyl groups is 1. The Bertz CT molecular complexity index is 430. The van der Waals surface area contributed by atoms with Crippen LogP contribution in [0.25, 0.3) is 0 Å². The number of rotatable bonds is 6. The van der Waals surface area contributed by atoms with Crippen LogP contribution in [0, 0.1) is 17.3 Å². The molecular formula is C16H26O6.